The van der Waals surface area contributed by atoms with Gasteiger partial charge in [-0.25, -0.2) is 29.9 Å². The molecule has 9 nitrogen and oxygen atoms in total. The summed E-state index contributed by atoms with van der Waals surface area (Å²) in [7, 11) is 0. The van der Waals surface area contributed by atoms with E-state index < -0.39 is 0 Å². The van der Waals surface area contributed by atoms with Crippen molar-refractivity contribution in [1.82, 2.24) is 43.4 Å². The largest absolute Gasteiger partial charge is 0.315 e. The van der Waals surface area contributed by atoms with Gasteiger partial charge in [-0.05, 0) is 127 Å². The van der Waals surface area contributed by atoms with Crippen molar-refractivity contribution in [3.05, 3.63) is 346 Å². The van der Waals surface area contributed by atoms with Crippen LogP contribution in [-0.4, -0.2) is 43.4 Å². The van der Waals surface area contributed by atoms with Crippen LogP contribution in [0.2, 0.25) is 0 Å². The van der Waals surface area contributed by atoms with Crippen molar-refractivity contribution in [3.8, 4) is 113 Å². The minimum Gasteiger partial charge on any atom is -0.315 e. The van der Waals surface area contributed by atoms with Crippen LogP contribution in [0.5, 0.6) is 0 Å². The Labute approximate surface area is 591 Å². The SMILES string of the molecule is c1ccc(-c2ccc(-c3nc(-c4ccccc4)nc(-c4cccc(-n5c6cccc7c8ccccc8n8ccc9ccc5c(c76)c98)c4)n3)cc2)cc1.c1ccc(-c2nc(-c3ccc4ccccc4c3)nc(-c3ccccc3-n3c4cccc5c4c4c6c(cccc6ccc43)-c3ccccc3-5)n2)cc1. The predicted octanol–water partition coefficient (Wildman–Crippen LogP) is 23.6. The number of benzene rings is 15. The lowest BCUT2D eigenvalue weighted by molar-refractivity contribution is 1.06. The van der Waals surface area contributed by atoms with Crippen LogP contribution in [0.4, 0.5) is 0 Å². The molecule has 0 N–H and O–H groups in total. The van der Waals surface area contributed by atoms with E-state index in [9.17, 15) is 0 Å². The third kappa shape index (κ3) is 9.33. The van der Waals surface area contributed by atoms with Gasteiger partial charge in [-0.1, -0.05) is 273 Å². The fourth-order valence-electron chi connectivity index (χ4n) is 16.1. The topological polar surface area (TPSA) is 91.6 Å². The Kier molecular flexibility index (Phi) is 13.1. The van der Waals surface area contributed by atoms with Crippen LogP contribution < -0.4 is 0 Å². The van der Waals surface area contributed by atoms with Gasteiger partial charge in [0.1, 0.15) is 0 Å². The Balaban J connectivity index is 0.000000134. The molecule has 15 aromatic carbocycles. The van der Waals surface area contributed by atoms with Gasteiger partial charge in [0.2, 0.25) is 0 Å². The molecule has 0 bridgehead atoms. The van der Waals surface area contributed by atoms with Crippen LogP contribution in [0.15, 0.2) is 346 Å². The predicted molar refractivity (Wildman–Crippen MR) is 423 cm³/mol. The first kappa shape index (κ1) is 58.0. The van der Waals surface area contributed by atoms with E-state index in [0.717, 1.165) is 66.7 Å². The van der Waals surface area contributed by atoms with Gasteiger partial charge in [-0.3, -0.25) is 0 Å². The summed E-state index contributed by atoms with van der Waals surface area (Å²) < 4.78 is 7.16. The quantitative estimate of drug-likeness (QED) is 0.143. The van der Waals surface area contributed by atoms with Crippen LogP contribution in [0.25, 0.3) is 205 Å². The minimum atomic E-state index is 0.630. The Morgan fingerprint density at radius 3 is 1.36 bits per heavy atom. The molecule has 103 heavy (non-hydrogen) atoms. The highest BCUT2D eigenvalue weighted by atomic mass is 15.1. The smallest absolute Gasteiger partial charge is 0.166 e. The third-order valence-corrected chi connectivity index (χ3v) is 20.7. The van der Waals surface area contributed by atoms with Gasteiger partial charge >= 0.3 is 0 Å². The van der Waals surface area contributed by atoms with Crippen molar-refractivity contribution in [2.45, 2.75) is 0 Å². The van der Waals surface area contributed by atoms with Gasteiger partial charge < -0.3 is 13.5 Å². The van der Waals surface area contributed by atoms with Crippen molar-refractivity contribution in [2.75, 3.05) is 0 Å². The lowest BCUT2D eigenvalue weighted by Crippen LogP contribution is -2.03. The second-order valence-electron chi connectivity index (χ2n) is 26.5. The first-order chi connectivity index (χ1) is 51.1. The maximum Gasteiger partial charge on any atom is 0.166 e. The van der Waals surface area contributed by atoms with E-state index in [-0.39, 0.29) is 0 Å². The Hall–Kier alpha value is -14.0. The average Bonchev–Trinajstić information content (AvgIpc) is 1.55. The van der Waals surface area contributed by atoms with Crippen LogP contribution in [0, 0.1) is 0 Å². The van der Waals surface area contributed by atoms with E-state index in [4.69, 9.17) is 29.9 Å². The van der Waals surface area contributed by atoms with Gasteiger partial charge in [0, 0.05) is 77.6 Å². The molecule has 0 unspecified atom stereocenters. The van der Waals surface area contributed by atoms with Crippen molar-refractivity contribution >= 4 is 92.3 Å². The van der Waals surface area contributed by atoms with E-state index in [1.165, 1.54) is 104 Å². The summed E-state index contributed by atoms with van der Waals surface area (Å²) in [5, 5.41) is 13.6. The van der Waals surface area contributed by atoms with Crippen molar-refractivity contribution in [2.24, 2.45) is 0 Å². The minimum absolute atomic E-state index is 0.630. The molecule has 0 aliphatic heterocycles. The molecule has 0 atom stereocenters. The molecule has 22 rings (SSSR count). The van der Waals surface area contributed by atoms with Crippen LogP contribution >= 0.6 is 0 Å². The maximum absolute atomic E-state index is 5.22. The second kappa shape index (κ2) is 23.3. The number of hydrogen-bond donors (Lipinski definition) is 0. The highest BCUT2D eigenvalue weighted by Gasteiger charge is 2.28. The number of aromatic nitrogens is 9. The number of fused-ring (bicyclic) bond motifs is 7. The molecule has 1 aliphatic carbocycles. The monoisotopic (exact) mass is 1310 g/mol. The molecule has 6 heterocycles. The number of nitrogens with zero attached hydrogens (tertiary/aromatic N) is 9. The Bertz CT molecular complexity index is 6970. The lowest BCUT2D eigenvalue weighted by atomic mass is 9.93. The third-order valence-electron chi connectivity index (χ3n) is 20.7. The zero-order chi connectivity index (χ0) is 67.6. The summed E-state index contributed by atoms with van der Waals surface area (Å²) in [6.45, 7) is 0. The summed E-state index contributed by atoms with van der Waals surface area (Å²) in [4.78, 5) is 30.6. The molecule has 9 heteroatoms. The van der Waals surface area contributed by atoms with E-state index in [0.29, 0.717) is 34.9 Å². The summed E-state index contributed by atoms with van der Waals surface area (Å²) in [6.07, 6.45) is 2.20. The van der Waals surface area contributed by atoms with Crippen molar-refractivity contribution < 1.29 is 0 Å². The molecule has 0 amide bonds. The molecule has 21 aromatic rings. The van der Waals surface area contributed by atoms with Gasteiger partial charge in [0.15, 0.2) is 34.9 Å². The van der Waals surface area contributed by atoms with E-state index >= 15 is 0 Å². The lowest BCUT2D eigenvalue weighted by Gasteiger charge is -2.16. The molecule has 1 aliphatic rings. The number of hydrogen-bond acceptors (Lipinski definition) is 6. The van der Waals surface area contributed by atoms with Gasteiger partial charge in [-0.15, -0.1) is 0 Å². The maximum atomic E-state index is 5.22. The fraction of sp³-hybridized carbons (Fsp3) is 0. The molecule has 478 valence electrons. The zero-order valence-electron chi connectivity index (χ0n) is 55.4. The Morgan fingerprint density at radius 2 is 0.641 bits per heavy atom. The average molecular weight is 1310 g/mol. The first-order valence-electron chi connectivity index (χ1n) is 34.8. The zero-order valence-corrected chi connectivity index (χ0v) is 55.4. The first-order valence-corrected chi connectivity index (χ1v) is 34.8. The number of rotatable bonds is 9. The van der Waals surface area contributed by atoms with E-state index in [1.807, 2.05) is 54.6 Å². The summed E-state index contributed by atoms with van der Waals surface area (Å²) in [6, 6.07) is 120. The molecule has 0 saturated heterocycles. The summed E-state index contributed by atoms with van der Waals surface area (Å²) >= 11 is 0. The normalized spacial score (nSPS) is 11.9. The summed E-state index contributed by atoms with van der Waals surface area (Å²) in [5.74, 6) is 3.83. The van der Waals surface area contributed by atoms with Crippen LogP contribution in [0.3, 0.4) is 0 Å². The van der Waals surface area contributed by atoms with Crippen LogP contribution in [0.1, 0.15) is 0 Å². The number of para-hydroxylation sites is 2. The Morgan fingerprint density at radius 1 is 0.204 bits per heavy atom. The van der Waals surface area contributed by atoms with Crippen molar-refractivity contribution in [3.63, 3.8) is 0 Å². The van der Waals surface area contributed by atoms with Crippen molar-refractivity contribution in [1.29, 1.82) is 0 Å². The summed E-state index contributed by atoms with van der Waals surface area (Å²) in [5.41, 5.74) is 22.2. The van der Waals surface area contributed by atoms with Gasteiger partial charge in [0.25, 0.3) is 0 Å². The highest BCUT2D eigenvalue weighted by molar-refractivity contribution is 6.32. The van der Waals surface area contributed by atoms with E-state index in [1.54, 1.807) is 0 Å². The molecular formula is C94H57N9. The fourth-order valence-corrected chi connectivity index (χ4v) is 16.1. The molecular weight excluding hydrogens is 1260 g/mol. The highest BCUT2D eigenvalue weighted by Crippen LogP contribution is 2.51. The van der Waals surface area contributed by atoms with Gasteiger partial charge in [0.05, 0.1) is 38.8 Å². The molecule has 0 spiro atoms. The molecule has 0 saturated carbocycles. The van der Waals surface area contributed by atoms with E-state index in [2.05, 4.69) is 305 Å². The van der Waals surface area contributed by atoms with Crippen LogP contribution in [-0.2, 0) is 0 Å². The molecule has 0 fully saturated rings. The standard InChI is InChI=1S/C47H29N5.C47H28N4/c1-3-11-30(12-4-1)31-21-23-34(24-22-31)46-48-45(33-13-5-2-6-14-33)49-47(50-46)35-15-9-16-36(29-35)52-40-20-10-18-38-37-17-7-8-19-39(37)51-28-27-32-25-26-41(52)43(42(38)40)44(32)51;1-2-13-31(14-3-1)45-48-46(33-25-24-29-12-4-5-15-32(29)28-33)50-47(49-45)38-19-8-9-22-39(38)51-40-23-11-21-37-35-18-7-6-17-34(35)36-20-10-16-30-26-27-41(51)44(42(30)36)43(37)40/h1-29H;1-28H. The van der Waals surface area contributed by atoms with Gasteiger partial charge in [-0.2, -0.15) is 0 Å². The molecule has 0 radical (unpaired) electrons. The molecule has 6 aromatic heterocycles. The second-order valence-corrected chi connectivity index (χ2v) is 26.5.